The molecule has 2 aliphatic rings. The molecule has 2 heterocycles. The number of piperidine rings is 1. The van der Waals surface area contributed by atoms with Gasteiger partial charge in [-0.1, -0.05) is 13.0 Å². The van der Waals surface area contributed by atoms with Crippen molar-refractivity contribution in [2.45, 2.75) is 44.7 Å². The highest BCUT2D eigenvalue weighted by Crippen LogP contribution is 2.54. The van der Waals surface area contributed by atoms with Gasteiger partial charge in [0.25, 0.3) is 0 Å². The van der Waals surface area contributed by atoms with Crippen molar-refractivity contribution in [1.82, 2.24) is 15.6 Å². The molecule has 1 aromatic rings. The van der Waals surface area contributed by atoms with E-state index in [0.717, 1.165) is 19.3 Å². The zero-order valence-electron chi connectivity index (χ0n) is 15.2. The zero-order valence-corrected chi connectivity index (χ0v) is 16.8. The monoisotopic (exact) mass is 438 g/mol. The van der Waals surface area contributed by atoms with Gasteiger partial charge in [-0.15, -0.1) is 6.58 Å². The Morgan fingerprint density at radius 3 is 3.00 bits per heavy atom. The van der Waals surface area contributed by atoms with Gasteiger partial charge in [-0.3, -0.25) is 9.59 Å². The number of amides is 2. The highest BCUT2D eigenvalue weighted by atomic mass is 79.9. The second-order valence-corrected chi connectivity index (χ2v) is 8.24. The first-order valence-electron chi connectivity index (χ1n) is 9.12. The van der Waals surface area contributed by atoms with Crippen molar-refractivity contribution in [3.8, 4) is 0 Å². The van der Waals surface area contributed by atoms with E-state index in [1.165, 1.54) is 12.1 Å². The molecule has 1 saturated heterocycles. The van der Waals surface area contributed by atoms with Crippen molar-refractivity contribution >= 4 is 33.6 Å². The summed E-state index contributed by atoms with van der Waals surface area (Å²) >= 11 is 3.01. The first-order chi connectivity index (χ1) is 12.8. The van der Waals surface area contributed by atoms with E-state index in [4.69, 9.17) is 0 Å². The van der Waals surface area contributed by atoms with Crippen LogP contribution in [0.1, 0.15) is 32.6 Å². The van der Waals surface area contributed by atoms with Crippen LogP contribution in [-0.2, 0) is 9.59 Å². The van der Waals surface area contributed by atoms with Crippen molar-refractivity contribution in [3.63, 3.8) is 0 Å². The lowest BCUT2D eigenvalue weighted by molar-refractivity contribution is -0.124. The van der Waals surface area contributed by atoms with Crippen LogP contribution in [0, 0.1) is 17.2 Å². The van der Waals surface area contributed by atoms with E-state index in [0.29, 0.717) is 18.8 Å². The van der Waals surface area contributed by atoms with Gasteiger partial charge in [0.1, 0.15) is 10.4 Å². The minimum Gasteiger partial charge on any atom is -0.355 e. The average Bonchev–Trinajstić information content (AvgIpc) is 3.20. The maximum absolute atomic E-state index is 13.2. The summed E-state index contributed by atoms with van der Waals surface area (Å²) in [7, 11) is 0. The summed E-state index contributed by atoms with van der Waals surface area (Å²) in [6.45, 7) is 6.17. The first kappa shape index (κ1) is 19.9. The molecule has 1 aliphatic carbocycles. The van der Waals surface area contributed by atoms with E-state index in [9.17, 15) is 14.0 Å². The third-order valence-corrected chi connectivity index (χ3v) is 6.00. The molecule has 27 heavy (non-hydrogen) atoms. The van der Waals surface area contributed by atoms with Crippen LogP contribution in [0.3, 0.4) is 0 Å². The van der Waals surface area contributed by atoms with Crippen molar-refractivity contribution in [2.24, 2.45) is 11.3 Å². The number of pyridine rings is 1. The molecule has 0 aromatic carbocycles. The van der Waals surface area contributed by atoms with Crippen LogP contribution in [0.4, 0.5) is 10.2 Å². The lowest BCUT2D eigenvalue weighted by Gasteiger charge is -2.18. The highest BCUT2D eigenvalue weighted by Gasteiger charge is 2.61. The van der Waals surface area contributed by atoms with Crippen LogP contribution in [-0.4, -0.2) is 35.4 Å². The van der Waals surface area contributed by atoms with E-state index in [2.05, 4.69) is 43.4 Å². The van der Waals surface area contributed by atoms with Crippen molar-refractivity contribution in [1.29, 1.82) is 0 Å². The molecule has 6 nitrogen and oxygen atoms in total. The van der Waals surface area contributed by atoms with Gasteiger partial charge in [0.15, 0.2) is 5.82 Å². The molecule has 2 fully saturated rings. The Kier molecular flexibility index (Phi) is 5.95. The van der Waals surface area contributed by atoms with E-state index in [1.807, 2.05) is 13.0 Å². The summed E-state index contributed by atoms with van der Waals surface area (Å²) in [4.78, 5) is 28.6. The van der Waals surface area contributed by atoms with Crippen molar-refractivity contribution in [2.75, 3.05) is 11.9 Å². The number of nitrogens with one attached hydrogen (secondary N) is 3. The number of allylic oxidation sites excluding steroid dienone is 1. The van der Waals surface area contributed by atoms with Crippen LogP contribution in [0.2, 0.25) is 0 Å². The summed E-state index contributed by atoms with van der Waals surface area (Å²) < 4.78 is 13.3. The number of carbonyl (C=O) groups excluding carboxylic acids is 2. The summed E-state index contributed by atoms with van der Waals surface area (Å²) in [6.07, 6.45) is 5.04. The number of hydrogen-bond acceptors (Lipinski definition) is 4. The third-order valence-electron chi connectivity index (χ3n) is 5.44. The zero-order chi connectivity index (χ0) is 19.6. The lowest BCUT2D eigenvalue weighted by Crippen LogP contribution is -2.38. The highest BCUT2D eigenvalue weighted by molar-refractivity contribution is 9.10. The van der Waals surface area contributed by atoms with Gasteiger partial charge in [-0.2, -0.15) is 0 Å². The van der Waals surface area contributed by atoms with Crippen LogP contribution >= 0.6 is 15.9 Å². The number of nitrogens with zero attached hydrogens (tertiary/aromatic N) is 1. The number of halogens is 2. The second kappa shape index (κ2) is 8.06. The predicted molar refractivity (Wildman–Crippen MR) is 105 cm³/mol. The average molecular weight is 439 g/mol. The maximum Gasteiger partial charge on any atom is 0.242 e. The normalized spacial score (nSPS) is 26.8. The SMILES string of the molecule is C=CCCC(C)C(=O)NC[C@@]12C[C@@H](C(=O)Nc3ccc(F)c(Br)n3)N[C@@H]1C2. The van der Waals surface area contributed by atoms with E-state index < -0.39 is 5.82 Å². The molecule has 0 radical (unpaired) electrons. The van der Waals surface area contributed by atoms with E-state index in [1.54, 1.807) is 0 Å². The Morgan fingerprint density at radius 1 is 1.52 bits per heavy atom. The molecule has 146 valence electrons. The molecule has 0 bridgehead atoms. The molecule has 8 heteroatoms. The second-order valence-electron chi connectivity index (χ2n) is 7.49. The summed E-state index contributed by atoms with van der Waals surface area (Å²) in [5.74, 6) is -0.379. The molecule has 2 amide bonds. The summed E-state index contributed by atoms with van der Waals surface area (Å²) in [5, 5.41) is 9.06. The third kappa shape index (κ3) is 4.55. The maximum atomic E-state index is 13.2. The molecule has 3 rings (SSSR count). The van der Waals surface area contributed by atoms with E-state index in [-0.39, 0.29) is 39.8 Å². The molecule has 4 atom stereocenters. The minimum absolute atomic E-state index is 0.0464. The van der Waals surface area contributed by atoms with E-state index >= 15 is 0 Å². The fourth-order valence-corrected chi connectivity index (χ4v) is 3.91. The minimum atomic E-state index is -0.481. The van der Waals surface area contributed by atoms with Gasteiger partial charge >= 0.3 is 0 Å². The summed E-state index contributed by atoms with van der Waals surface area (Å²) in [6, 6.07) is 2.57. The van der Waals surface area contributed by atoms with Gasteiger partial charge in [0.2, 0.25) is 11.8 Å². The molecule has 1 aromatic heterocycles. The van der Waals surface area contributed by atoms with Crippen LogP contribution in [0.25, 0.3) is 0 Å². The predicted octanol–water partition coefficient (Wildman–Crippen LogP) is 2.76. The first-order valence-corrected chi connectivity index (χ1v) is 9.91. The van der Waals surface area contributed by atoms with Crippen molar-refractivity contribution in [3.05, 3.63) is 35.2 Å². The Bertz CT molecular complexity index is 759. The number of hydrogen-bond donors (Lipinski definition) is 3. The Labute approximate surface area is 166 Å². The molecule has 3 N–H and O–H groups in total. The Morgan fingerprint density at radius 2 is 2.30 bits per heavy atom. The van der Waals surface area contributed by atoms with Gasteiger partial charge in [0, 0.05) is 23.9 Å². The largest absolute Gasteiger partial charge is 0.355 e. The summed E-state index contributed by atoms with van der Waals surface area (Å²) in [5.41, 5.74) is -0.0490. The number of aromatic nitrogens is 1. The van der Waals surface area contributed by atoms with Gasteiger partial charge in [-0.05, 0) is 53.7 Å². The molecule has 1 aliphatic heterocycles. The number of fused-ring (bicyclic) bond motifs is 1. The number of anilines is 1. The van der Waals surface area contributed by atoms with Crippen LogP contribution < -0.4 is 16.0 Å². The van der Waals surface area contributed by atoms with Gasteiger partial charge in [-0.25, -0.2) is 9.37 Å². The smallest absolute Gasteiger partial charge is 0.242 e. The number of carbonyl (C=O) groups is 2. The fourth-order valence-electron chi connectivity index (χ4n) is 3.59. The lowest BCUT2D eigenvalue weighted by atomic mass is 9.98. The fraction of sp³-hybridized carbons (Fsp3) is 0.526. The molecule has 1 saturated carbocycles. The molecule has 1 unspecified atom stereocenters. The van der Waals surface area contributed by atoms with Crippen LogP contribution in [0.15, 0.2) is 29.4 Å². The topological polar surface area (TPSA) is 83.1 Å². The van der Waals surface area contributed by atoms with Gasteiger partial charge < -0.3 is 16.0 Å². The molecular formula is C19H24BrFN4O2. The molecular weight excluding hydrogens is 415 g/mol. The molecule has 0 spiro atoms. The van der Waals surface area contributed by atoms with Crippen LogP contribution in [0.5, 0.6) is 0 Å². The Balaban J connectivity index is 1.49. The van der Waals surface area contributed by atoms with Gasteiger partial charge in [0.05, 0.1) is 6.04 Å². The number of rotatable bonds is 8. The standard InChI is InChI=1S/C19H24BrFN4O2/c1-3-4-5-11(2)17(26)22-10-19-8-13(23-14(19)9-19)18(27)25-15-7-6-12(21)16(20)24-15/h3,6-7,11,13-14,23H,1,4-5,8-10H2,2H3,(H,22,26)(H,24,25,27)/t11?,13-,14+,19-/m0/s1. The van der Waals surface area contributed by atoms with Crippen molar-refractivity contribution < 1.29 is 14.0 Å². The Hall–Kier alpha value is -1.80. The quantitative estimate of drug-likeness (QED) is 0.430.